The van der Waals surface area contributed by atoms with E-state index in [2.05, 4.69) is 5.32 Å². The van der Waals surface area contributed by atoms with Gasteiger partial charge in [-0.1, -0.05) is 12.1 Å². The molecule has 0 fully saturated rings. The molecule has 1 aromatic rings. The fourth-order valence-electron chi connectivity index (χ4n) is 2.25. The molecule has 22 heavy (non-hydrogen) atoms. The molecule has 0 aliphatic rings. The van der Waals surface area contributed by atoms with Crippen molar-refractivity contribution in [1.82, 2.24) is 5.32 Å². The van der Waals surface area contributed by atoms with Crippen LogP contribution in [0.4, 0.5) is 4.39 Å². The van der Waals surface area contributed by atoms with E-state index in [0.29, 0.717) is 0 Å². The number of Topliss-reactive ketones (excluding diaryl/α,β-unsaturated/α-hetero) is 1. The number of ether oxygens (including phenoxy) is 1. The van der Waals surface area contributed by atoms with Crippen LogP contribution in [-0.4, -0.2) is 41.3 Å². The predicted octanol–water partition coefficient (Wildman–Crippen LogP) is 2.55. The number of nitrogens with one attached hydrogen (secondary N) is 1. The van der Waals surface area contributed by atoms with Crippen molar-refractivity contribution in [2.45, 2.75) is 58.4 Å². The van der Waals surface area contributed by atoms with Crippen molar-refractivity contribution in [3.05, 3.63) is 35.6 Å². The van der Waals surface area contributed by atoms with Crippen LogP contribution in [0.25, 0.3) is 0 Å². The van der Waals surface area contributed by atoms with Crippen LogP contribution in [0.3, 0.4) is 0 Å². The molecular formula is C17H26FNO3. The van der Waals surface area contributed by atoms with E-state index in [9.17, 15) is 14.3 Å². The Labute approximate surface area is 131 Å². The number of aliphatic hydroxyl groups excluding tert-OH is 1. The average Bonchev–Trinajstić information content (AvgIpc) is 2.36. The van der Waals surface area contributed by atoms with Crippen molar-refractivity contribution in [2.24, 2.45) is 0 Å². The maximum atomic E-state index is 13.3. The minimum Gasteiger partial charge on any atom is -0.391 e. The molecule has 0 radical (unpaired) electrons. The average molecular weight is 311 g/mol. The molecule has 3 atom stereocenters. The lowest BCUT2D eigenvalue weighted by atomic mass is 9.98. The number of rotatable bonds is 7. The molecule has 2 N–H and O–H groups in total. The van der Waals surface area contributed by atoms with Gasteiger partial charge in [0, 0.05) is 17.1 Å². The van der Waals surface area contributed by atoms with Crippen molar-refractivity contribution in [1.29, 1.82) is 0 Å². The first-order valence-electron chi connectivity index (χ1n) is 7.47. The molecule has 5 heteroatoms. The summed E-state index contributed by atoms with van der Waals surface area (Å²) in [5, 5.41) is 12.7. The van der Waals surface area contributed by atoms with Gasteiger partial charge in [0.2, 0.25) is 0 Å². The van der Waals surface area contributed by atoms with Crippen LogP contribution in [0.1, 0.15) is 45.0 Å². The summed E-state index contributed by atoms with van der Waals surface area (Å²) in [7, 11) is 0. The number of benzene rings is 1. The van der Waals surface area contributed by atoms with Crippen LogP contribution in [0.2, 0.25) is 0 Å². The maximum Gasteiger partial charge on any atom is 0.193 e. The molecule has 1 rings (SSSR count). The van der Waals surface area contributed by atoms with E-state index < -0.39 is 18.0 Å². The molecule has 0 saturated carbocycles. The Morgan fingerprint density at radius 1 is 1.36 bits per heavy atom. The number of aliphatic hydroxyl groups is 1. The van der Waals surface area contributed by atoms with Crippen molar-refractivity contribution < 1.29 is 19.0 Å². The molecule has 1 aromatic carbocycles. The topological polar surface area (TPSA) is 58.6 Å². The zero-order valence-corrected chi connectivity index (χ0v) is 13.9. The zero-order valence-electron chi connectivity index (χ0n) is 13.9. The molecule has 0 aliphatic carbocycles. The van der Waals surface area contributed by atoms with Gasteiger partial charge in [0.05, 0.1) is 12.7 Å². The van der Waals surface area contributed by atoms with Gasteiger partial charge in [0.25, 0.3) is 0 Å². The minimum absolute atomic E-state index is 0.0435. The fraction of sp³-hybridized carbons (Fsp3) is 0.588. The zero-order chi connectivity index (χ0) is 16.9. The standard InChI is InChI=1S/C17H26FNO3/c1-11(20)10-22-16(12(2)19-17(3,4)5)15(21)13-7-6-8-14(18)9-13/h6-9,11-12,16,19-20H,10H2,1-5H3. The van der Waals surface area contributed by atoms with E-state index in [-0.39, 0.29) is 29.5 Å². The Bertz CT molecular complexity index is 497. The molecule has 0 heterocycles. The number of ketones is 1. The van der Waals surface area contributed by atoms with Gasteiger partial charge in [-0.15, -0.1) is 0 Å². The summed E-state index contributed by atoms with van der Waals surface area (Å²) < 4.78 is 18.9. The van der Waals surface area contributed by atoms with Gasteiger partial charge < -0.3 is 15.2 Å². The molecule has 0 aromatic heterocycles. The summed E-state index contributed by atoms with van der Waals surface area (Å²) >= 11 is 0. The highest BCUT2D eigenvalue weighted by atomic mass is 19.1. The quantitative estimate of drug-likeness (QED) is 0.760. The van der Waals surface area contributed by atoms with Gasteiger partial charge >= 0.3 is 0 Å². The largest absolute Gasteiger partial charge is 0.391 e. The van der Waals surface area contributed by atoms with Gasteiger partial charge in [-0.3, -0.25) is 4.79 Å². The lowest BCUT2D eigenvalue weighted by molar-refractivity contribution is -0.0105. The fourth-order valence-corrected chi connectivity index (χ4v) is 2.25. The van der Waals surface area contributed by atoms with Gasteiger partial charge in [0.15, 0.2) is 5.78 Å². The highest BCUT2D eigenvalue weighted by Gasteiger charge is 2.30. The third-order valence-electron chi connectivity index (χ3n) is 3.00. The Morgan fingerprint density at radius 3 is 2.50 bits per heavy atom. The number of halogens is 1. The molecule has 3 unspecified atom stereocenters. The lowest BCUT2D eigenvalue weighted by Crippen LogP contribution is -2.51. The van der Waals surface area contributed by atoms with Gasteiger partial charge in [0.1, 0.15) is 11.9 Å². The van der Waals surface area contributed by atoms with Gasteiger partial charge in [-0.25, -0.2) is 4.39 Å². The van der Waals surface area contributed by atoms with Crippen molar-refractivity contribution in [3.63, 3.8) is 0 Å². The Morgan fingerprint density at radius 2 is 2.00 bits per heavy atom. The van der Waals surface area contributed by atoms with E-state index in [1.807, 2.05) is 27.7 Å². The van der Waals surface area contributed by atoms with E-state index in [4.69, 9.17) is 4.74 Å². The third-order valence-corrected chi connectivity index (χ3v) is 3.00. The van der Waals surface area contributed by atoms with E-state index in [1.54, 1.807) is 13.0 Å². The summed E-state index contributed by atoms with van der Waals surface area (Å²) in [6, 6.07) is 5.27. The highest BCUT2D eigenvalue weighted by Crippen LogP contribution is 2.14. The minimum atomic E-state index is -0.796. The Hall–Kier alpha value is -1.30. The molecule has 0 amide bonds. The Kier molecular flexibility index (Phi) is 6.66. The maximum absolute atomic E-state index is 13.3. The number of hydrogen-bond acceptors (Lipinski definition) is 4. The molecule has 0 saturated heterocycles. The molecule has 4 nitrogen and oxygen atoms in total. The summed E-state index contributed by atoms with van der Waals surface area (Å²) in [6.07, 6.45) is -1.47. The number of hydrogen-bond donors (Lipinski definition) is 2. The first-order chi connectivity index (χ1) is 10.1. The van der Waals surface area contributed by atoms with Crippen LogP contribution < -0.4 is 5.32 Å². The van der Waals surface area contributed by atoms with Crippen LogP contribution in [0, 0.1) is 5.82 Å². The predicted molar refractivity (Wildman–Crippen MR) is 84.5 cm³/mol. The number of carbonyl (C=O) groups is 1. The third kappa shape index (κ3) is 6.22. The SMILES string of the molecule is CC(O)COC(C(=O)c1cccc(F)c1)C(C)NC(C)(C)C. The second-order valence-corrected chi connectivity index (χ2v) is 6.66. The van der Waals surface area contributed by atoms with Crippen molar-refractivity contribution in [3.8, 4) is 0 Å². The van der Waals surface area contributed by atoms with E-state index >= 15 is 0 Å². The lowest BCUT2D eigenvalue weighted by Gasteiger charge is -2.31. The van der Waals surface area contributed by atoms with E-state index in [1.165, 1.54) is 18.2 Å². The van der Waals surface area contributed by atoms with Crippen LogP contribution in [-0.2, 0) is 4.74 Å². The Balaban J connectivity index is 2.95. The molecule has 124 valence electrons. The van der Waals surface area contributed by atoms with Crippen molar-refractivity contribution >= 4 is 5.78 Å². The first-order valence-corrected chi connectivity index (χ1v) is 7.47. The summed E-state index contributed by atoms with van der Waals surface area (Å²) in [6.45, 7) is 9.44. The molecule has 0 bridgehead atoms. The monoisotopic (exact) mass is 311 g/mol. The summed E-state index contributed by atoms with van der Waals surface area (Å²) in [5.74, 6) is -0.763. The molecular weight excluding hydrogens is 285 g/mol. The summed E-state index contributed by atoms with van der Waals surface area (Å²) in [4.78, 5) is 12.6. The van der Waals surface area contributed by atoms with Gasteiger partial charge in [-0.2, -0.15) is 0 Å². The first kappa shape index (κ1) is 18.7. The second-order valence-electron chi connectivity index (χ2n) is 6.66. The highest BCUT2D eigenvalue weighted by molar-refractivity contribution is 6.00. The van der Waals surface area contributed by atoms with Crippen molar-refractivity contribution in [2.75, 3.05) is 6.61 Å². The second kappa shape index (κ2) is 7.81. The van der Waals surface area contributed by atoms with Gasteiger partial charge in [-0.05, 0) is 46.8 Å². The number of carbonyl (C=O) groups excluding carboxylic acids is 1. The molecule has 0 aliphatic heterocycles. The van der Waals surface area contributed by atoms with Crippen LogP contribution in [0.5, 0.6) is 0 Å². The normalized spacial score (nSPS) is 16.1. The van der Waals surface area contributed by atoms with E-state index in [0.717, 1.165) is 0 Å². The summed E-state index contributed by atoms with van der Waals surface area (Å²) in [5.41, 5.74) is 0.0619. The smallest absolute Gasteiger partial charge is 0.193 e. The molecule has 0 spiro atoms. The van der Waals surface area contributed by atoms with Crippen LogP contribution in [0.15, 0.2) is 24.3 Å². The van der Waals surface area contributed by atoms with Crippen LogP contribution >= 0.6 is 0 Å².